The van der Waals surface area contributed by atoms with E-state index in [0.29, 0.717) is 10.7 Å². The van der Waals surface area contributed by atoms with E-state index in [9.17, 15) is 4.79 Å². The second kappa shape index (κ2) is 4.96. The second-order valence-corrected chi connectivity index (χ2v) is 3.82. The average molecular weight is 257 g/mol. The summed E-state index contributed by atoms with van der Waals surface area (Å²) in [7, 11) is 0. The minimum absolute atomic E-state index is 0. The lowest BCUT2D eigenvalue weighted by Crippen LogP contribution is -1.95. The van der Waals surface area contributed by atoms with Gasteiger partial charge >= 0.3 is 5.97 Å². The van der Waals surface area contributed by atoms with Gasteiger partial charge in [0.15, 0.2) is 5.69 Å². The highest BCUT2D eigenvalue weighted by Crippen LogP contribution is 2.24. The molecule has 6 heteroatoms. The van der Waals surface area contributed by atoms with E-state index < -0.39 is 5.97 Å². The molecule has 2 aromatic rings. The van der Waals surface area contributed by atoms with Gasteiger partial charge in [0.05, 0.1) is 0 Å². The van der Waals surface area contributed by atoms with Crippen molar-refractivity contribution >= 4 is 35.4 Å². The van der Waals surface area contributed by atoms with E-state index >= 15 is 0 Å². The van der Waals surface area contributed by atoms with Crippen LogP contribution in [-0.2, 0) is 0 Å². The van der Waals surface area contributed by atoms with Crippen LogP contribution in [0.25, 0.3) is 10.6 Å². The average Bonchev–Trinajstić information content (AvgIpc) is 2.68. The molecule has 0 fully saturated rings. The smallest absolute Gasteiger partial charge is 0.355 e. The number of aromatic carboxylic acids is 1. The number of carbonyl (C=O) groups is 1. The number of nitrogens with two attached hydrogens (primary N) is 1. The molecule has 1 aromatic carbocycles. The molecular formula is C10H9ClN2O2S. The van der Waals surface area contributed by atoms with Gasteiger partial charge in [-0.2, -0.15) is 0 Å². The summed E-state index contributed by atoms with van der Waals surface area (Å²) in [6.45, 7) is 0. The Morgan fingerprint density at radius 3 is 2.44 bits per heavy atom. The molecule has 16 heavy (non-hydrogen) atoms. The summed E-state index contributed by atoms with van der Waals surface area (Å²) in [6.07, 6.45) is 0. The number of hydrogen-bond acceptors (Lipinski definition) is 4. The van der Waals surface area contributed by atoms with Crippen LogP contribution < -0.4 is 5.73 Å². The van der Waals surface area contributed by atoms with Crippen LogP contribution in [-0.4, -0.2) is 16.1 Å². The van der Waals surface area contributed by atoms with Crippen molar-refractivity contribution in [1.29, 1.82) is 0 Å². The summed E-state index contributed by atoms with van der Waals surface area (Å²) in [6, 6.07) is 7.16. The van der Waals surface area contributed by atoms with Crippen LogP contribution in [0.5, 0.6) is 0 Å². The summed E-state index contributed by atoms with van der Waals surface area (Å²) >= 11 is 1.30. The maximum atomic E-state index is 10.6. The molecule has 0 aliphatic heterocycles. The predicted octanol–water partition coefficient (Wildman–Crippen LogP) is 2.51. The largest absolute Gasteiger partial charge is 0.476 e. The van der Waals surface area contributed by atoms with Crippen molar-refractivity contribution in [3.63, 3.8) is 0 Å². The third-order valence-electron chi connectivity index (χ3n) is 1.88. The Morgan fingerprint density at radius 2 is 1.94 bits per heavy atom. The Morgan fingerprint density at radius 1 is 1.31 bits per heavy atom. The Balaban J connectivity index is 0.00000128. The van der Waals surface area contributed by atoms with E-state index in [1.807, 2.05) is 12.1 Å². The van der Waals surface area contributed by atoms with Crippen molar-refractivity contribution < 1.29 is 9.90 Å². The molecule has 0 saturated heterocycles. The van der Waals surface area contributed by atoms with Crippen molar-refractivity contribution in [2.45, 2.75) is 0 Å². The van der Waals surface area contributed by atoms with Crippen LogP contribution >= 0.6 is 23.7 Å². The summed E-state index contributed by atoms with van der Waals surface area (Å²) in [5.74, 6) is -1.01. The minimum Gasteiger partial charge on any atom is -0.476 e. The van der Waals surface area contributed by atoms with E-state index in [1.54, 1.807) is 12.1 Å². The van der Waals surface area contributed by atoms with Gasteiger partial charge in [-0.1, -0.05) is 0 Å². The quantitative estimate of drug-likeness (QED) is 0.810. The molecule has 84 valence electrons. The minimum atomic E-state index is -1.01. The fourth-order valence-corrected chi connectivity index (χ4v) is 1.93. The van der Waals surface area contributed by atoms with Gasteiger partial charge in [0.25, 0.3) is 0 Å². The van der Waals surface area contributed by atoms with Crippen LogP contribution in [0.2, 0.25) is 0 Å². The van der Waals surface area contributed by atoms with Gasteiger partial charge in [-0.05, 0) is 24.3 Å². The zero-order chi connectivity index (χ0) is 10.8. The second-order valence-electron chi connectivity index (χ2n) is 2.97. The highest BCUT2D eigenvalue weighted by atomic mass is 35.5. The standard InChI is InChI=1S/C10H8N2O2S.ClH/c11-7-3-1-6(2-4-7)9-12-8(5-15-9)10(13)14;/h1-5H,11H2,(H,13,14);1H. The molecule has 0 unspecified atom stereocenters. The van der Waals surface area contributed by atoms with Gasteiger partial charge in [0.2, 0.25) is 0 Å². The number of thiazole rings is 1. The van der Waals surface area contributed by atoms with Crippen molar-refractivity contribution in [1.82, 2.24) is 4.98 Å². The molecule has 0 atom stereocenters. The third kappa shape index (κ3) is 2.50. The number of aromatic nitrogens is 1. The highest BCUT2D eigenvalue weighted by molar-refractivity contribution is 7.13. The zero-order valence-electron chi connectivity index (χ0n) is 8.08. The molecule has 2 rings (SSSR count). The molecule has 0 saturated carbocycles. The van der Waals surface area contributed by atoms with Gasteiger partial charge in [-0.25, -0.2) is 9.78 Å². The number of rotatable bonds is 2. The zero-order valence-corrected chi connectivity index (χ0v) is 9.72. The summed E-state index contributed by atoms with van der Waals surface area (Å²) < 4.78 is 0. The van der Waals surface area contributed by atoms with E-state index in [-0.39, 0.29) is 18.1 Å². The fourth-order valence-electron chi connectivity index (χ4n) is 1.13. The first-order valence-electron chi connectivity index (χ1n) is 4.21. The number of nitrogens with zero attached hydrogens (tertiary/aromatic N) is 1. The van der Waals surface area contributed by atoms with E-state index in [2.05, 4.69) is 4.98 Å². The predicted molar refractivity (Wildman–Crippen MR) is 66.2 cm³/mol. The number of carboxylic acid groups (broad SMARTS) is 1. The molecule has 0 aliphatic carbocycles. The fraction of sp³-hybridized carbons (Fsp3) is 0. The molecule has 0 aliphatic rings. The Labute approximate surface area is 102 Å². The van der Waals surface area contributed by atoms with Gasteiger partial charge in [-0.15, -0.1) is 23.7 Å². The lowest BCUT2D eigenvalue weighted by molar-refractivity contribution is 0.0691. The summed E-state index contributed by atoms with van der Waals surface area (Å²) in [5, 5.41) is 10.9. The summed E-state index contributed by atoms with van der Waals surface area (Å²) in [4.78, 5) is 14.6. The van der Waals surface area contributed by atoms with Gasteiger partial charge in [-0.3, -0.25) is 0 Å². The van der Waals surface area contributed by atoms with E-state index in [1.165, 1.54) is 16.7 Å². The van der Waals surface area contributed by atoms with Crippen molar-refractivity contribution in [3.8, 4) is 10.6 Å². The number of halogens is 1. The number of nitrogen functional groups attached to an aromatic ring is 1. The maximum absolute atomic E-state index is 10.6. The molecule has 4 nitrogen and oxygen atoms in total. The molecule has 0 radical (unpaired) electrons. The molecule has 3 N–H and O–H groups in total. The summed E-state index contributed by atoms with van der Waals surface area (Å²) in [5.41, 5.74) is 7.17. The lowest BCUT2D eigenvalue weighted by atomic mass is 10.2. The molecule has 0 amide bonds. The molecular weight excluding hydrogens is 248 g/mol. The maximum Gasteiger partial charge on any atom is 0.355 e. The number of carboxylic acids is 1. The topological polar surface area (TPSA) is 76.2 Å². The van der Waals surface area contributed by atoms with E-state index in [4.69, 9.17) is 10.8 Å². The van der Waals surface area contributed by atoms with Crippen LogP contribution in [0.4, 0.5) is 5.69 Å². The van der Waals surface area contributed by atoms with Crippen LogP contribution in [0, 0.1) is 0 Å². The van der Waals surface area contributed by atoms with Crippen molar-refractivity contribution in [2.24, 2.45) is 0 Å². The normalized spacial score (nSPS) is 9.50. The number of benzene rings is 1. The molecule has 0 spiro atoms. The Bertz CT molecular complexity index is 496. The van der Waals surface area contributed by atoms with Crippen LogP contribution in [0.1, 0.15) is 10.5 Å². The van der Waals surface area contributed by atoms with Gasteiger partial charge in [0, 0.05) is 16.6 Å². The Kier molecular flexibility index (Phi) is 3.87. The van der Waals surface area contributed by atoms with E-state index in [0.717, 1.165) is 5.56 Å². The molecule has 1 heterocycles. The first kappa shape index (κ1) is 12.5. The molecule has 0 bridgehead atoms. The third-order valence-corrected chi connectivity index (χ3v) is 2.77. The van der Waals surface area contributed by atoms with Crippen LogP contribution in [0.15, 0.2) is 29.6 Å². The number of anilines is 1. The van der Waals surface area contributed by atoms with Crippen molar-refractivity contribution in [3.05, 3.63) is 35.3 Å². The van der Waals surface area contributed by atoms with Crippen molar-refractivity contribution in [2.75, 3.05) is 5.73 Å². The molecule has 1 aromatic heterocycles. The SMILES string of the molecule is Cl.Nc1ccc(-c2nc(C(=O)O)cs2)cc1. The monoisotopic (exact) mass is 256 g/mol. The van der Waals surface area contributed by atoms with Gasteiger partial charge in [0.1, 0.15) is 5.01 Å². The first-order valence-corrected chi connectivity index (χ1v) is 5.09. The van der Waals surface area contributed by atoms with Gasteiger partial charge < -0.3 is 10.8 Å². The van der Waals surface area contributed by atoms with Crippen LogP contribution in [0.3, 0.4) is 0 Å². The lowest BCUT2D eigenvalue weighted by Gasteiger charge is -1.96. The Hall–Kier alpha value is -1.59. The number of hydrogen-bond donors (Lipinski definition) is 2. The first-order chi connectivity index (χ1) is 7.16. The highest BCUT2D eigenvalue weighted by Gasteiger charge is 2.09.